The van der Waals surface area contributed by atoms with Gasteiger partial charge in [0.05, 0.1) is 16.7 Å². The number of rotatable bonds is 9. The lowest BCUT2D eigenvalue weighted by Crippen LogP contribution is -2.34. The summed E-state index contributed by atoms with van der Waals surface area (Å²) >= 11 is 1.33. The SMILES string of the molecule is CCCCn1c(SCC(=O)NC(C)CCC)nc2ccccc2c1=O. The summed E-state index contributed by atoms with van der Waals surface area (Å²) in [5.41, 5.74) is 0.656. The number of amides is 1. The van der Waals surface area contributed by atoms with E-state index in [0.717, 1.165) is 25.7 Å². The van der Waals surface area contributed by atoms with Gasteiger partial charge >= 0.3 is 0 Å². The summed E-state index contributed by atoms with van der Waals surface area (Å²) in [5.74, 6) is 0.251. The second-order valence-electron chi connectivity index (χ2n) is 6.27. The smallest absolute Gasteiger partial charge is 0.262 e. The van der Waals surface area contributed by atoms with Crippen molar-refractivity contribution in [3.8, 4) is 0 Å². The molecule has 0 aliphatic carbocycles. The molecule has 0 spiro atoms. The standard InChI is InChI=1S/C19H27N3O2S/c1-4-6-12-22-18(24)15-10-7-8-11-16(15)21-19(22)25-13-17(23)20-14(3)9-5-2/h7-8,10-11,14H,4-6,9,12-13H2,1-3H3,(H,20,23). The lowest BCUT2D eigenvalue weighted by atomic mass is 10.2. The summed E-state index contributed by atoms with van der Waals surface area (Å²) in [4.78, 5) is 29.5. The average Bonchev–Trinajstić information content (AvgIpc) is 2.59. The highest BCUT2D eigenvalue weighted by Gasteiger charge is 2.13. The number of carbonyl (C=O) groups is 1. The monoisotopic (exact) mass is 361 g/mol. The van der Waals surface area contributed by atoms with Crippen LogP contribution in [0.15, 0.2) is 34.2 Å². The Balaban J connectivity index is 2.20. The van der Waals surface area contributed by atoms with Crippen LogP contribution in [0.2, 0.25) is 0 Å². The summed E-state index contributed by atoms with van der Waals surface area (Å²) in [6.45, 7) is 6.83. The van der Waals surface area contributed by atoms with Gasteiger partial charge in [-0.2, -0.15) is 0 Å². The van der Waals surface area contributed by atoms with Gasteiger partial charge in [0, 0.05) is 12.6 Å². The summed E-state index contributed by atoms with van der Waals surface area (Å²) in [6, 6.07) is 7.54. The summed E-state index contributed by atoms with van der Waals surface area (Å²) in [6.07, 6.45) is 3.91. The molecule has 1 heterocycles. The first-order chi connectivity index (χ1) is 12.1. The molecule has 2 rings (SSSR count). The minimum Gasteiger partial charge on any atom is -0.353 e. The van der Waals surface area contributed by atoms with Crippen molar-refractivity contribution in [2.24, 2.45) is 0 Å². The highest BCUT2D eigenvalue weighted by atomic mass is 32.2. The van der Waals surface area contributed by atoms with Crippen LogP contribution in [-0.2, 0) is 11.3 Å². The zero-order chi connectivity index (χ0) is 18.2. The van der Waals surface area contributed by atoms with Crippen molar-refractivity contribution in [2.45, 2.75) is 64.2 Å². The van der Waals surface area contributed by atoms with Gasteiger partial charge in [-0.25, -0.2) is 4.98 Å². The number of aromatic nitrogens is 2. The molecule has 0 saturated carbocycles. The van der Waals surface area contributed by atoms with Crippen LogP contribution in [0, 0.1) is 0 Å². The zero-order valence-electron chi connectivity index (χ0n) is 15.2. The van der Waals surface area contributed by atoms with Gasteiger partial charge in [0.25, 0.3) is 5.56 Å². The molecule has 0 saturated heterocycles. The molecule has 6 heteroatoms. The average molecular weight is 362 g/mol. The third kappa shape index (κ3) is 5.33. The second-order valence-corrected chi connectivity index (χ2v) is 7.21. The molecule has 0 fully saturated rings. The molecular weight excluding hydrogens is 334 g/mol. The molecule has 0 aliphatic heterocycles. The molecule has 1 atom stereocenters. The fraction of sp³-hybridized carbons (Fsp3) is 0.526. The van der Waals surface area contributed by atoms with Gasteiger partial charge in [-0.3, -0.25) is 14.2 Å². The van der Waals surface area contributed by atoms with Crippen LogP contribution in [0.1, 0.15) is 46.5 Å². The summed E-state index contributed by atoms with van der Waals surface area (Å²) in [7, 11) is 0. The number of fused-ring (bicyclic) bond motifs is 1. The van der Waals surface area contributed by atoms with Gasteiger partial charge in [0.1, 0.15) is 0 Å². The number of nitrogens with zero attached hydrogens (tertiary/aromatic N) is 2. The Morgan fingerprint density at radius 2 is 2.04 bits per heavy atom. The lowest BCUT2D eigenvalue weighted by Gasteiger charge is -2.14. The predicted octanol–water partition coefficient (Wildman–Crippen LogP) is 3.59. The summed E-state index contributed by atoms with van der Waals surface area (Å²) < 4.78 is 1.71. The van der Waals surface area contributed by atoms with E-state index < -0.39 is 0 Å². The Kier molecular flexibility index (Phi) is 7.50. The first-order valence-corrected chi connectivity index (χ1v) is 9.97. The molecule has 136 valence electrons. The molecule has 1 N–H and O–H groups in total. The highest BCUT2D eigenvalue weighted by molar-refractivity contribution is 7.99. The fourth-order valence-electron chi connectivity index (χ4n) is 2.72. The largest absolute Gasteiger partial charge is 0.353 e. The predicted molar refractivity (Wildman–Crippen MR) is 104 cm³/mol. The van der Waals surface area contributed by atoms with Crippen LogP contribution < -0.4 is 10.9 Å². The first-order valence-electron chi connectivity index (χ1n) is 8.98. The molecule has 0 bridgehead atoms. The van der Waals surface area contributed by atoms with Crippen molar-refractivity contribution in [3.05, 3.63) is 34.6 Å². The molecule has 0 radical (unpaired) electrons. The van der Waals surface area contributed by atoms with E-state index in [2.05, 4.69) is 24.1 Å². The topological polar surface area (TPSA) is 64.0 Å². The van der Waals surface area contributed by atoms with E-state index in [4.69, 9.17) is 0 Å². The van der Waals surface area contributed by atoms with Gasteiger partial charge in [0.15, 0.2) is 5.16 Å². The molecule has 2 aromatic rings. The third-order valence-corrected chi connectivity index (χ3v) is 5.00. The Labute approximate surface area is 153 Å². The fourth-order valence-corrected chi connectivity index (χ4v) is 3.56. The van der Waals surface area contributed by atoms with Crippen molar-refractivity contribution < 1.29 is 4.79 Å². The second kappa shape index (κ2) is 9.61. The van der Waals surface area contributed by atoms with Crippen molar-refractivity contribution in [1.82, 2.24) is 14.9 Å². The van der Waals surface area contributed by atoms with E-state index >= 15 is 0 Å². The number of benzene rings is 1. The molecule has 1 amide bonds. The van der Waals surface area contributed by atoms with Gasteiger partial charge in [-0.1, -0.05) is 50.6 Å². The Morgan fingerprint density at radius 1 is 1.28 bits per heavy atom. The van der Waals surface area contributed by atoms with E-state index in [1.807, 2.05) is 25.1 Å². The first kappa shape index (κ1) is 19.5. The van der Waals surface area contributed by atoms with Crippen molar-refractivity contribution in [3.63, 3.8) is 0 Å². The van der Waals surface area contributed by atoms with Crippen molar-refractivity contribution in [1.29, 1.82) is 0 Å². The normalized spacial score (nSPS) is 12.3. The maximum atomic E-state index is 12.8. The maximum absolute atomic E-state index is 12.8. The maximum Gasteiger partial charge on any atom is 0.262 e. The minimum atomic E-state index is -0.0266. The Bertz CT molecular complexity index is 773. The molecule has 25 heavy (non-hydrogen) atoms. The van der Waals surface area contributed by atoms with Crippen LogP contribution in [0.3, 0.4) is 0 Å². The van der Waals surface area contributed by atoms with Gasteiger partial charge < -0.3 is 5.32 Å². The minimum absolute atomic E-state index is 0.0181. The van der Waals surface area contributed by atoms with E-state index in [1.165, 1.54) is 11.8 Å². The van der Waals surface area contributed by atoms with Crippen molar-refractivity contribution >= 4 is 28.6 Å². The Hall–Kier alpha value is -1.82. The number of para-hydroxylation sites is 1. The van der Waals surface area contributed by atoms with Crippen LogP contribution in [0.5, 0.6) is 0 Å². The van der Waals surface area contributed by atoms with E-state index in [-0.39, 0.29) is 23.3 Å². The van der Waals surface area contributed by atoms with E-state index in [0.29, 0.717) is 22.6 Å². The number of nitrogens with one attached hydrogen (secondary N) is 1. The van der Waals surface area contributed by atoms with Gasteiger partial charge in [-0.05, 0) is 31.9 Å². The lowest BCUT2D eigenvalue weighted by molar-refractivity contribution is -0.119. The van der Waals surface area contributed by atoms with Gasteiger partial charge in [-0.15, -0.1) is 0 Å². The number of hydrogen-bond donors (Lipinski definition) is 1. The zero-order valence-corrected chi connectivity index (χ0v) is 16.1. The number of unbranched alkanes of at least 4 members (excludes halogenated alkanes) is 1. The number of carbonyl (C=O) groups excluding carboxylic acids is 1. The third-order valence-electron chi connectivity index (χ3n) is 4.02. The molecule has 5 nitrogen and oxygen atoms in total. The highest BCUT2D eigenvalue weighted by Crippen LogP contribution is 2.18. The molecular formula is C19H27N3O2S. The molecule has 0 aliphatic rings. The molecule has 1 aromatic carbocycles. The molecule has 1 unspecified atom stereocenters. The number of thioether (sulfide) groups is 1. The van der Waals surface area contributed by atoms with E-state index in [1.54, 1.807) is 10.6 Å². The van der Waals surface area contributed by atoms with Crippen molar-refractivity contribution in [2.75, 3.05) is 5.75 Å². The van der Waals surface area contributed by atoms with Gasteiger partial charge in [0.2, 0.25) is 5.91 Å². The van der Waals surface area contributed by atoms with Crippen LogP contribution in [-0.4, -0.2) is 27.3 Å². The van der Waals surface area contributed by atoms with E-state index in [9.17, 15) is 9.59 Å². The van der Waals surface area contributed by atoms with Crippen LogP contribution >= 0.6 is 11.8 Å². The van der Waals surface area contributed by atoms with Crippen LogP contribution in [0.25, 0.3) is 10.9 Å². The Morgan fingerprint density at radius 3 is 2.76 bits per heavy atom. The summed E-state index contributed by atoms with van der Waals surface area (Å²) in [5, 5.41) is 4.24. The quantitative estimate of drug-likeness (QED) is 0.547. The molecule has 1 aromatic heterocycles. The van der Waals surface area contributed by atoms with Crippen LogP contribution in [0.4, 0.5) is 0 Å². The number of hydrogen-bond acceptors (Lipinski definition) is 4.